The van der Waals surface area contributed by atoms with Crippen LogP contribution in [0.15, 0.2) is 53.6 Å². The maximum Gasteiger partial charge on any atom is 0.416 e. The van der Waals surface area contributed by atoms with Crippen LogP contribution in [0.2, 0.25) is 0 Å². The molecule has 2 aromatic carbocycles. The molecule has 5 nitrogen and oxygen atoms in total. The highest BCUT2D eigenvalue weighted by atomic mass is 32.2. The quantitative estimate of drug-likeness (QED) is 0.542. The fourth-order valence-corrected chi connectivity index (χ4v) is 6.16. The molecule has 3 heterocycles. The number of fused-ring (bicyclic) bond motifs is 7. The highest BCUT2D eigenvalue weighted by molar-refractivity contribution is 7.89. The number of nitrogens with one attached hydrogen (secondary N) is 1. The number of aromatic amines is 1. The van der Waals surface area contributed by atoms with Gasteiger partial charge in [0.05, 0.1) is 34.3 Å². The minimum Gasteiger partial charge on any atom is -0.282 e. The van der Waals surface area contributed by atoms with Gasteiger partial charge in [0.25, 0.3) is 0 Å². The van der Waals surface area contributed by atoms with E-state index in [4.69, 9.17) is 0 Å². The first kappa shape index (κ1) is 21.0. The molecule has 1 N–H and O–H groups in total. The number of alkyl halides is 6. The molecule has 2 atom stereocenters. The van der Waals surface area contributed by atoms with E-state index in [0.717, 1.165) is 28.6 Å². The molecule has 0 saturated carbocycles. The number of rotatable bonds is 2. The molecule has 0 radical (unpaired) electrons. The Morgan fingerprint density at radius 1 is 0.875 bits per heavy atom. The topological polar surface area (TPSA) is 66.1 Å². The third-order valence-corrected chi connectivity index (χ3v) is 7.72. The molecule has 2 bridgehead atoms. The van der Waals surface area contributed by atoms with Crippen LogP contribution in [0.1, 0.15) is 45.6 Å². The van der Waals surface area contributed by atoms with E-state index < -0.39 is 45.6 Å². The lowest BCUT2D eigenvalue weighted by Crippen LogP contribution is -2.37. The zero-order valence-corrected chi connectivity index (χ0v) is 16.7. The Hall–Kier alpha value is -2.86. The number of hydrogen-bond donors (Lipinski definition) is 1. The Morgan fingerprint density at radius 2 is 1.50 bits per heavy atom. The number of H-pyrrole nitrogens is 1. The lowest BCUT2D eigenvalue weighted by molar-refractivity contribution is -0.138. The molecule has 0 spiro atoms. The lowest BCUT2D eigenvalue weighted by Gasteiger charge is -2.33. The summed E-state index contributed by atoms with van der Waals surface area (Å²) < 4.78 is 107. The van der Waals surface area contributed by atoms with Gasteiger partial charge in [0.15, 0.2) is 0 Å². The summed E-state index contributed by atoms with van der Waals surface area (Å²) in [7, 11) is -4.35. The SMILES string of the molecule is O=S(=O)(c1ccc(C(F)(F)F)cc1)N1C2Cc3[nH]ncc3C1c1cc(C(F)(F)F)ccc12. The molecule has 0 fully saturated rings. The van der Waals surface area contributed by atoms with Crippen molar-refractivity contribution >= 4 is 10.0 Å². The second-order valence-corrected chi connectivity index (χ2v) is 9.47. The molecule has 1 aromatic heterocycles. The predicted octanol–water partition coefficient (Wildman–Crippen LogP) is 4.84. The minimum absolute atomic E-state index is 0.143. The number of halogens is 6. The second kappa shape index (κ2) is 6.58. The van der Waals surface area contributed by atoms with Gasteiger partial charge in [-0.05, 0) is 47.5 Å². The number of sulfonamides is 1. The molecular weight excluding hydrogens is 460 g/mol. The van der Waals surface area contributed by atoms with Crippen LogP contribution in [-0.4, -0.2) is 22.9 Å². The average Bonchev–Trinajstić information content (AvgIpc) is 3.28. The van der Waals surface area contributed by atoms with Gasteiger partial charge < -0.3 is 0 Å². The van der Waals surface area contributed by atoms with Gasteiger partial charge in [-0.3, -0.25) is 5.10 Å². The van der Waals surface area contributed by atoms with E-state index >= 15 is 0 Å². The van der Waals surface area contributed by atoms with Gasteiger partial charge in [-0.15, -0.1) is 0 Å². The molecule has 2 unspecified atom stereocenters. The summed E-state index contributed by atoms with van der Waals surface area (Å²) in [5.74, 6) is 0. The normalized spacial score (nSPS) is 20.8. The first-order chi connectivity index (χ1) is 14.9. The van der Waals surface area contributed by atoms with Gasteiger partial charge in [-0.25, -0.2) is 8.42 Å². The third kappa shape index (κ3) is 3.04. The van der Waals surface area contributed by atoms with Gasteiger partial charge >= 0.3 is 12.4 Å². The molecule has 2 aliphatic heterocycles. The minimum atomic E-state index is -4.64. The molecule has 0 aliphatic carbocycles. The van der Waals surface area contributed by atoms with Crippen LogP contribution in [0, 0.1) is 0 Å². The Kier molecular flexibility index (Phi) is 4.32. The highest BCUT2D eigenvalue weighted by Crippen LogP contribution is 2.54. The fourth-order valence-electron chi connectivity index (χ4n) is 4.41. The smallest absolute Gasteiger partial charge is 0.282 e. The number of benzene rings is 2. The second-order valence-electron chi connectivity index (χ2n) is 7.62. The Balaban J connectivity index is 1.65. The van der Waals surface area contributed by atoms with E-state index in [2.05, 4.69) is 10.2 Å². The molecule has 32 heavy (non-hydrogen) atoms. The van der Waals surface area contributed by atoms with Crippen molar-refractivity contribution in [3.05, 3.63) is 82.2 Å². The summed E-state index contributed by atoms with van der Waals surface area (Å²) in [5.41, 5.74) is -0.309. The monoisotopic (exact) mass is 473 g/mol. The van der Waals surface area contributed by atoms with Gasteiger partial charge in [0.2, 0.25) is 10.0 Å². The van der Waals surface area contributed by atoms with Crippen molar-refractivity contribution in [1.29, 1.82) is 0 Å². The number of nitrogens with zero attached hydrogens (tertiary/aromatic N) is 2. The molecule has 12 heteroatoms. The van der Waals surface area contributed by atoms with E-state index in [-0.39, 0.29) is 16.9 Å². The summed E-state index contributed by atoms with van der Waals surface area (Å²) in [4.78, 5) is -0.378. The van der Waals surface area contributed by atoms with Crippen molar-refractivity contribution in [2.45, 2.75) is 35.8 Å². The van der Waals surface area contributed by atoms with Gasteiger partial charge in [-0.2, -0.15) is 35.7 Å². The van der Waals surface area contributed by atoms with Crippen LogP contribution in [0.5, 0.6) is 0 Å². The first-order valence-corrected chi connectivity index (χ1v) is 10.8. The molecule has 5 rings (SSSR count). The Labute approximate surface area is 177 Å². The van der Waals surface area contributed by atoms with Crippen molar-refractivity contribution in [3.8, 4) is 0 Å². The maximum atomic E-state index is 13.5. The zero-order chi connectivity index (χ0) is 23.1. The molecule has 0 saturated heterocycles. The molecule has 168 valence electrons. The zero-order valence-electron chi connectivity index (χ0n) is 15.9. The summed E-state index contributed by atoms with van der Waals surface area (Å²) >= 11 is 0. The highest BCUT2D eigenvalue weighted by Gasteiger charge is 2.51. The molecule has 2 aliphatic rings. The van der Waals surface area contributed by atoms with Crippen LogP contribution in [0.25, 0.3) is 0 Å². The standard InChI is InChI=1S/C20H13F6N3O2S/c21-19(22,23)10-1-4-12(5-2-10)32(30,31)29-17-8-16-15(9-27-28-16)18(29)14-7-11(20(24,25)26)3-6-13(14)17/h1-7,9,17-18H,8H2,(H,27,28). The largest absolute Gasteiger partial charge is 0.416 e. The van der Waals surface area contributed by atoms with Crippen LogP contribution in [0.4, 0.5) is 26.3 Å². The van der Waals surface area contributed by atoms with Gasteiger partial charge in [0, 0.05) is 17.7 Å². The van der Waals surface area contributed by atoms with Crippen molar-refractivity contribution in [2.75, 3.05) is 0 Å². The Morgan fingerprint density at radius 3 is 2.12 bits per heavy atom. The van der Waals surface area contributed by atoms with E-state index in [9.17, 15) is 34.8 Å². The molecular formula is C20H13F6N3O2S. The van der Waals surface area contributed by atoms with Gasteiger partial charge in [0.1, 0.15) is 0 Å². The number of aromatic nitrogens is 2. The Bertz CT molecular complexity index is 1310. The van der Waals surface area contributed by atoms with Gasteiger partial charge in [-0.1, -0.05) is 6.07 Å². The summed E-state index contributed by atoms with van der Waals surface area (Å²) in [6, 6.07) is 4.23. The van der Waals surface area contributed by atoms with Crippen LogP contribution in [0.3, 0.4) is 0 Å². The van der Waals surface area contributed by atoms with E-state index in [0.29, 0.717) is 29.0 Å². The summed E-state index contributed by atoms with van der Waals surface area (Å²) in [5, 5.41) is 6.66. The van der Waals surface area contributed by atoms with E-state index in [1.54, 1.807) is 0 Å². The molecule has 0 amide bonds. The van der Waals surface area contributed by atoms with Crippen LogP contribution < -0.4 is 0 Å². The fraction of sp³-hybridized carbons (Fsp3) is 0.250. The maximum absolute atomic E-state index is 13.5. The van der Waals surface area contributed by atoms with Crippen molar-refractivity contribution in [3.63, 3.8) is 0 Å². The predicted molar refractivity (Wildman–Crippen MR) is 98.8 cm³/mol. The summed E-state index contributed by atoms with van der Waals surface area (Å²) in [6.07, 6.45) is -7.75. The average molecular weight is 473 g/mol. The van der Waals surface area contributed by atoms with Crippen molar-refractivity contribution in [2.24, 2.45) is 0 Å². The van der Waals surface area contributed by atoms with Crippen molar-refractivity contribution < 1.29 is 34.8 Å². The van der Waals surface area contributed by atoms with Crippen molar-refractivity contribution in [1.82, 2.24) is 14.5 Å². The first-order valence-electron chi connectivity index (χ1n) is 9.33. The van der Waals surface area contributed by atoms with E-state index in [1.165, 1.54) is 12.3 Å². The molecule has 3 aromatic rings. The van der Waals surface area contributed by atoms with Crippen LogP contribution in [-0.2, 0) is 28.8 Å². The summed E-state index contributed by atoms with van der Waals surface area (Å²) in [6.45, 7) is 0. The third-order valence-electron chi connectivity index (χ3n) is 5.83. The lowest BCUT2D eigenvalue weighted by atomic mass is 9.98. The van der Waals surface area contributed by atoms with E-state index in [1.807, 2.05) is 0 Å². The van der Waals surface area contributed by atoms with Crippen LogP contribution >= 0.6 is 0 Å². The number of hydrogen-bond acceptors (Lipinski definition) is 3.